The second-order valence-corrected chi connectivity index (χ2v) is 4.75. The number of amides is 1. The minimum absolute atomic E-state index is 0.204. The Morgan fingerprint density at radius 3 is 2.83 bits per heavy atom. The molecule has 4 heteroatoms. The predicted octanol–water partition coefficient (Wildman–Crippen LogP) is 1.80. The van der Waals surface area contributed by atoms with Crippen molar-refractivity contribution in [2.75, 3.05) is 0 Å². The Balaban J connectivity index is 2.32. The van der Waals surface area contributed by atoms with Crippen LogP contribution < -0.4 is 5.32 Å². The number of nitrogens with one attached hydrogen (secondary N) is 2. The van der Waals surface area contributed by atoms with E-state index < -0.39 is 5.54 Å². The highest BCUT2D eigenvalue weighted by molar-refractivity contribution is 5.85. The first-order valence-electron chi connectivity index (χ1n) is 5.84. The van der Waals surface area contributed by atoms with Crippen LogP contribution in [0.25, 0.3) is 10.9 Å². The third-order valence-electron chi connectivity index (χ3n) is 2.95. The Kier molecular flexibility index (Phi) is 3.19. The normalized spacial score (nSPS) is 14.1. The summed E-state index contributed by atoms with van der Waals surface area (Å²) >= 11 is 0. The molecule has 1 unspecified atom stereocenters. The van der Waals surface area contributed by atoms with Crippen LogP contribution in [0.4, 0.5) is 0 Å². The van der Waals surface area contributed by atoms with Gasteiger partial charge >= 0.3 is 0 Å². The number of aromatic nitrogens is 1. The highest BCUT2D eigenvalue weighted by Crippen LogP contribution is 2.21. The predicted molar refractivity (Wildman–Crippen MR) is 70.3 cm³/mol. The van der Waals surface area contributed by atoms with Crippen LogP contribution in [0.5, 0.6) is 0 Å². The topological polar surface area (TPSA) is 62.0 Å². The van der Waals surface area contributed by atoms with E-state index in [-0.39, 0.29) is 5.91 Å². The summed E-state index contributed by atoms with van der Waals surface area (Å²) in [6, 6.07) is 7.89. The molecule has 1 amide bonds. The van der Waals surface area contributed by atoms with Crippen molar-refractivity contribution >= 4 is 23.1 Å². The standard InChI is InChI=1S/C14H16N2O2/c1-10(18)16-14(2,9-17)7-11-8-15-13-6-4-3-5-12(11)13/h3-6,8-9,15H,7H2,1-2H3,(H,16,18). The molecule has 1 heterocycles. The maximum absolute atomic E-state index is 11.2. The molecule has 0 aliphatic rings. The van der Waals surface area contributed by atoms with E-state index in [9.17, 15) is 9.59 Å². The average Bonchev–Trinajstić information content (AvgIpc) is 2.72. The largest absolute Gasteiger partial charge is 0.361 e. The van der Waals surface area contributed by atoms with Gasteiger partial charge in [0.2, 0.25) is 5.91 Å². The number of hydrogen-bond donors (Lipinski definition) is 2. The van der Waals surface area contributed by atoms with Gasteiger partial charge in [0.1, 0.15) is 6.29 Å². The zero-order chi connectivity index (χ0) is 13.2. The molecule has 2 N–H and O–H groups in total. The van der Waals surface area contributed by atoms with E-state index >= 15 is 0 Å². The number of para-hydroxylation sites is 1. The van der Waals surface area contributed by atoms with Gasteiger partial charge in [-0.25, -0.2) is 0 Å². The van der Waals surface area contributed by atoms with Crippen LogP contribution in [0.3, 0.4) is 0 Å². The molecular formula is C14H16N2O2. The van der Waals surface area contributed by atoms with Gasteiger partial charge in [-0.15, -0.1) is 0 Å². The number of H-pyrrole nitrogens is 1. The number of carbonyl (C=O) groups excluding carboxylic acids is 2. The second-order valence-electron chi connectivity index (χ2n) is 4.75. The van der Waals surface area contributed by atoms with Crippen molar-refractivity contribution in [3.63, 3.8) is 0 Å². The minimum Gasteiger partial charge on any atom is -0.361 e. The van der Waals surface area contributed by atoms with Crippen LogP contribution in [0.1, 0.15) is 19.4 Å². The molecule has 18 heavy (non-hydrogen) atoms. The van der Waals surface area contributed by atoms with Crippen LogP contribution in [0, 0.1) is 0 Å². The van der Waals surface area contributed by atoms with Crippen LogP contribution in [0.2, 0.25) is 0 Å². The van der Waals surface area contributed by atoms with Gasteiger partial charge in [-0.2, -0.15) is 0 Å². The lowest BCUT2D eigenvalue weighted by molar-refractivity contribution is -0.124. The van der Waals surface area contributed by atoms with Crippen LogP contribution in [0.15, 0.2) is 30.5 Å². The molecule has 0 aliphatic carbocycles. The van der Waals surface area contributed by atoms with E-state index in [4.69, 9.17) is 0 Å². The monoisotopic (exact) mass is 244 g/mol. The van der Waals surface area contributed by atoms with Crippen LogP contribution in [-0.4, -0.2) is 22.7 Å². The zero-order valence-corrected chi connectivity index (χ0v) is 10.5. The summed E-state index contributed by atoms with van der Waals surface area (Å²) in [7, 11) is 0. The van der Waals surface area contributed by atoms with E-state index in [2.05, 4.69) is 10.3 Å². The molecule has 1 atom stereocenters. The lowest BCUT2D eigenvalue weighted by atomic mass is 9.94. The number of rotatable bonds is 4. The molecular weight excluding hydrogens is 228 g/mol. The van der Waals surface area contributed by atoms with E-state index in [0.29, 0.717) is 6.42 Å². The van der Waals surface area contributed by atoms with Gasteiger partial charge in [-0.1, -0.05) is 18.2 Å². The second kappa shape index (κ2) is 4.64. The summed E-state index contributed by atoms with van der Waals surface area (Å²) < 4.78 is 0. The molecule has 4 nitrogen and oxygen atoms in total. The zero-order valence-electron chi connectivity index (χ0n) is 10.5. The van der Waals surface area contributed by atoms with E-state index in [1.807, 2.05) is 30.5 Å². The molecule has 1 aromatic carbocycles. The van der Waals surface area contributed by atoms with Crippen LogP contribution in [-0.2, 0) is 16.0 Å². The first-order chi connectivity index (χ1) is 8.54. The number of benzene rings is 1. The Hall–Kier alpha value is -2.10. The number of carbonyl (C=O) groups is 2. The molecule has 0 saturated heterocycles. The summed E-state index contributed by atoms with van der Waals surface area (Å²) in [5, 5.41) is 3.77. The number of hydrogen-bond acceptors (Lipinski definition) is 2. The smallest absolute Gasteiger partial charge is 0.217 e. The van der Waals surface area contributed by atoms with E-state index in [1.165, 1.54) is 6.92 Å². The van der Waals surface area contributed by atoms with Crippen molar-refractivity contribution < 1.29 is 9.59 Å². The molecule has 94 valence electrons. The van der Waals surface area contributed by atoms with Gasteiger partial charge in [0.25, 0.3) is 0 Å². The Morgan fingerprint density at radius 1 is 1.44 bits per heavy atom. The lowest BCUT2D eigenvalue weighted by Gasteiger charge is -2.23. The van der Waals surface area contributed by atoms with Crippen molar-refractivity contribution in [1.29, 1.82) is 0 Å². The summed E-state index contributed by atoms with van der Waals surface area (Å²) in [6.45, 7) is 3.14. The molecule has 2 aromatic rings. The maximum atomic E-state index is 11.2. The minimum atomic E-state index is -0.864. The molecule has 0 fully saturated rings. The third-order valence-corrected chi connectivity index (χ3v) is 2.95. The maximum Gasteiger partial charge on any atom is 0.217 e. The van der Waals surface area contributed by atoms with Gasteiger partial charge in [0.05, 0.1) is 5.54 Å². The van der Waals surface area contributed by atoms with Crippen molar-refractivity contribution in [3.05, 3.63) is 36.0 Å². The van der Waals surface area contributed by atoms with Crippen molar-refractivity contribution in [1.82, 2.24) is 10.3 Å². The van der Waals surface area contributed by atoms with Crippen molar-refractivity contribution in [3.8, 4) is 0 Å². The van der Waals surface area contributed by atoms with Gasteiger partial charge in [-0.3, -0.25) is 4.79 Å². The molecule has 0 spiro atoms. The first kappa shape index (κ1) is 12.4. The summed E-state index contributed by atoms with van der Waals surface area (Å²) in [4.78, 5) is 25.5. The van der Waals surface area contributed by atoms with E-state index in [0.717, 1.165) is 22.8 Å². The summed E-state index contributed by atoms with van der Waals surface area (Å²) in [5.74, 6) is -0.204. The highest BCUT2D eigenvalue weighted by atomic mass is 16.2. The van der Waals surface area contributed by atoms with E-state index in [1.54, 1.807) is 6.92 Å². The average molecular weight is 244 g/mol. The molecule has 1 aromatic heterocycles. The third kappa shape index (κ3) is 2.42. The Labute approximate surface area is 105 Å². The molecule has 2 rings (SSSR count). The molecule has 0 bridgehead atoms. The summed E-state index contributed by atoms with van der Waals surface area (Å²) in [5.41, 5.74) is 1.19. The molecule has 0 radical (unpaired) electrons. The lowest BCUT2D eigenvalue weighted by Crippen LogP contribution is -2.48. The molecule has 0 aliphatic heterocycles. The van der Waals surface area contributed by atoms with Gasteiger partial charge in [0, 0.05) is 30.4 Å². The van der Waals surface area contributed by atoms with Crippen molar-refractivity contribution in [2.45, 2.75) is 25.8 Å². The fraction of sp³-hybridized carbons (Fsp3) is 0.286. The Bertz CT molecular complexity index is 588. The summed E-state index contributed by atoms with van der Waals surface area (Å²) in [6.07, 6.45) is 3.14. The fourth-order valence-corrected chi connectivity index (χ4v) is 2.19. The van der Waals surface area contributed by atoms with Gasteiger partial charge in [-0.05, 0) is 18.6 Å². The SMILES string of the molecule is CC(=O)NC(C)(C=O)Cc1c[nH]c2ccccc12. The number of aldehydes is 1. The van der Waals surface area contributed by atoms with Crippen molar-refractivity contribution in [2.24, 2.45) is 0 Å². The fourth-order valence-electron chi connectivity index (χ4n) is 2.19. The Morgan fingerprint density at radius 2 is 2.17 bits per heavy atom. The van der Waals surface area contributed by atoms with Crippen LogP contribution >= 0.6 is 0 Å². The molecule has 0 saturated carbocycles. The van der Waals surface area contributed by atoms with Gasteiger partial charge < -0.3 is 15.1 Å². The first-order valence-corrected chi connectivity index (χ1v) is 5.84. The quantitative estimate of drug-likeness (QED) is 0.806. The highest BCUT2D eigenvalue weighted by Gasteiger charge is 2.26. The number of fused-ring (bicyclic) bond motifs is 1. The number of aromatic amines is 1. The van der Waals surface area contributed by atoms with Gasteiger partial charge in [0.15, 0.2) is 0 Å².